The largest absolute Gasteiger partial charge is 0.444 e. The van der Waals surface area contributed by atoms with Gasteiger partial charge in [-0.05, 0) is 39.7 Å². The molecule has 1 atom stereocenters. The van der Waals surface area contributed by atoms with Crippen molar-refractivity contribution in [2.75, 3.05) is 13.7 Å². The minimum absolute atomic E-state index is 0.182. The van der Waals surface area contributed by atoms with Crippen molar-refractivity contribution in [3.8, 4) is 0 Å². The number of hydrogen-bond donors (Lipinski definition) is 1. The van der Waals surface area contributed by atoms with Crippen LogP contribution in [-0.4, -0.2) is 24.7 Å². The van der Waals surface area contributed by atoms with Crippen molar-refractivity contribution < 1.29 is 9.15 Å². The first kappa shape index (κ1) is 12.6. The molecule has 0 saturated heterocycles. The molecule has 96 valence electrons. The zero-order chi connectivity index (χ0) is 12.3. The van der Waals surface area contributed by atoms with Crippen LogP contribution in [0.5, 0.6) is 0 Å². The van der Waals surface area contributed by atoms with Crippen LogP contribution in [-0.2, 0) is 11.2 Å². The summed E-state index contributed by atoms with van der Waals surface area (Å²) in [5.41, 5.74) is 0. The second-order valence-corrected chi connectivity index (χ2v) is 4.79. The Hall–Kier alpha value is -0.870. The SMILES string of the molecule is CCOC1CC(Cc2cnc(C(C)NC)o2)C1. The van der Waals surface area contributed by atoms with Crippen molar-refractivity contribution in [2.24, 2.45) is 5.92 Å². The predicted octanol–water partition coefficient (Wildman–Crippen LogP) is 2.31. The van der Waals surface area contributed by atoms with Crippen molar-refractivity contribution in [3.63, 3.8) is 0 Å². The Morgan fingerprint density at radius 1 is 1.59 bits per heavy atom. The molecule has 1 saturated carbocycles. The second kappa shape index (κ2) is 5.65. The maximum Gasteiger partial charge on any atom is 0.211 e. The van der Waals surface area contributed by atoms with Gasteiger partial charge in [-0.3, -0.25) is 0 Å². The van der Waals surface area contributed by atoms with Crippen molar-refractivity contribution in [3.05, 3.63) is 17.8 Å². The molecule has 0 radical (unpaired) electrons. The van der Waals surface area contributed by atoms with Crippen LogP contribution in [0.3, 0.4) is 0 Å². The molecule has 0 bridgehead atoms. The number of hydrogen-bond acceptors (Lipinski definition) is 4. The number of nitrogens with one attached hydrogen (secondary N) is 1. The molecule has 4 heteroatoms. The zero-order valence-corrected chi connectivity index (χ0v) is 10.9. The van der Waals surface area contributed by atoms with E-state index in [1.807, 2.05) is 20.2 Å². The van der Waals surface area contributed by atoms with E-state index in [0.29, 0.717) is 12.0 Å². The predicted molar refractivity (Wildman–Crippen MR) is 65.8 cm³/mol. The Morgan fingerprint density at radius 3 is 3.00 bits per heavy atom. The molecular formula is C13H22N2O2. The van der Waals surface area contributed by atoms with E-state index in [1.165, 1.54) is 0 Å². The van der Waals surface area contributed by atoms with Gasteiger partial charge in [-0.25, -0.2) is 4.98 Å². The number of aromatic nitrogens is 1. The first-order valence-corrected chi connectivity index (χ1v) is 6.46. The third kappa shape index (κ3) is 3.07. The van der Waals surface area contributed by atoms with Crippen LogP contribution in [0, 0.1) is 5.92 Å². The summed E-state index contributed by atoms with van der Waals surface area (Å²) in [6.07, 6.45) is 5.64. The Balaban J connectivity index is 1.79. The Labute approximate surface area is 103 Å². The van der Waals surface area contributed by atoms with E-state index in [4.69, 9.17) is 9.15 Å². The fraction of sp³-hybridized carbons (Fsp3) is 0.769. The molecule has 1 aliphatic rings. The summed E-state index contributed by atoms with van der Waals surface area (Å²) < 4.78 is 11.3. The molecule has 0 aliphatic heterocycles. The third-order valence-corrected chi connectivity index (χ3v) is 3.46. The molecule has 0 aromatic carbocycles. The summed E-state index contributed by atoms with van der Waals surface area (Å²) >= 11 is 0. The Bertz CT molecular complexity index is 345. The summed E-state index contributed by atoms with van der Waals surface area (Å²) in [5, 5.41) is 3.12. The van der Waals surface area contributed by atoms with Gasteiger partial charge in [0.05, 0.1) is 18.3 Å². The molecule has 1 fully saturated rings. The highest BCUT2D eigenvalue weighted by molar-refractivity contribution is 5.00. The number of ether oxygens (including phenoxy) is 1. The van der Waals surface area contributed by atoms with E-state index in [-0.39, 0.29) is 6.04 Å². The van der Waals surface area contributed by atoms with Gasteiger partial charge in [-0.1, -0.05) is 0 Å². The monoisotopic (exact) mass is 238 g/mol. The maximum atomic E-state index is 5.72. The fourth-order valence-electron chi connectivity index (χ4n) is 2.24. The first-order chi connectivity index (χ1) is 8.22. The maximum absolute atomic E-state index is 5.72. The summed E-state index contributed by atoms with van der Waals surface area (Å²) in [6.45, 7) is 4.92. The van der Waals surface area contributed by atoms with Gasteiger partial charge in [-0.15, -0.1) is 0 Å². The lowest BCUT2D eigenvalue weighted by atomic mass is 9.79. The first-order valence-electron chi connectivity index (χ1n) is 6.46. The molecule has 1 aliphatic carbocycles. The van der Waals surface area contributed by atoms with Gasteiger partial charge in [0.15, 0.2) is 0 Å². The Morgan fingerprint density at radius 2 is 2.35 bits per heavy atom. The average Bonchev–Trinajstić information content (AvgIpc) is 2.74. The highest BCUT2D eigenvalue weighted by atomic mass is 16.5. The normalized spacial score (nSPS) is 25.6. The molecule has 17 heavy (non-hydrogen) atoms. The van der Waals surface area contributed by atoms with Gasteiger partial charge in [0, 0.05) is 13.0 Å². The van der Waals surface area contributed by atoms with E-state index in [2.05, 4.69) is 17.2 Å². The molecular weight excluding hydrogens is 216 g/mol. The van der Waals surface area contributed by atoms with E-state index in [9.17, 15) is 0 Å². The summed E-state index contributed by atoms with van der Waals surface area (Å²) in [7, 11) is 1.91. The van der Waals surface area contributed by atoms with E-state index < -0.39 is 0 Å². The highest BCUT2D eigenvalue weighted by Crippen LogP contribution is 2.33. The minimum Gasteiger partial charge on any atom is -0.444 e. The van der Waals surface area contributed by atoms with Gasteiger partial charge in [-0.2, -0.15) is 0 Å². The lowest BCUT2D eigenvalue weighted by molar-refractivity contribution is -0.0252. The quantitative estimate of drug-likeness (QED) is 0.826. The van der Waals surface area contributed by atoms with Gasteiger partial charge in [0.2, 0.25) is 5.89 Å². The van der Waals surface area contributed by atoms with Crippen molar-refractivity contribution in [1.82, 2.24) is 10.3 Å². The van der Waals surface area contributed by atoms with Crippen LogP contribution in [0.1, 0.15) is 44.4 Å². The molecule has 1 aromatic rings. The molecule has 1 heterocycles. The van der Waals surface area contributed by atoms with Crippen molar-refractivity contribution in [1.29, 1.82) is 0 Å². The van der Waals surface area contributed by atoms with Crippen LogP contribution < -0.4 is 5.32 Å². The lowest BCUT2D eigenvalue weighted by Crippen LogP contribution is -2.32. The lowest BCUT2D eigenvalue weighted by Gasteiger charge is -2.34. The zero-order valence-electron chi connectivity index (χ0n) is 10.9. The molecule has 1 aromatic heterocycles. The molecule has 0 spiro atoms. The minimum atomic E-state index is 0.182. The van der Waals surface area contributed by atoms with E-state index >= 15 is 0 Å². The van der Waals surface area contributed by atoms with Crippen molar-refractivity contribution >= 4 is 0 Å². The molecule has 2 rings (SSSR count). The molecule has 4 nitrogen and oxygen atoms in total. The van der Waals surface area contributed by atoms with Crippen molar-refractivity contribution in [2.45, 2.75) is 45.3 Å². The summed E-state index contributed by atoms with van der Waals surface area (Å²) in [5.74, 6) is 2.49. The number of oxazole rings is 1. The van der Waals surface area contributed by atoms with Crippen LogP contribution in [0.2, 0.25) is 0 Å². The second-order valence-electron chi connectivity index (χ2n) is 4.79. The highest BCUT2D eigenvalue weighted by Gasteiger charge is 2.30. The standard InChI is InChI=1S/C13H22N2O2/c1-4-16-11-5-10(6-11)7-12-8-15-13(17-12)9(2)14-3/h8-11,14H,4-7H2,1-3H3. The smallest absolute Gasteiger partial charge is 0.211 e. The van der Waals surface area contributed by atoms with Gasteiger partial charge < -0.3 is 14.5 Å². The summed E-state index contributed by atoms with van der Waals surface area (Å²) in [4.78, 5) is 4.29. The Kier molecular flexibility index (Phi) is 4.18. The van der Waals surface area contributed by atoms with Crippen LogP contribution in [0.4, 0.5) is 0 Å². The van der Waals surface area contributed by atoms with E-state index in [0.717, 1.165) is 37.5 Å². The number of nitrogens with zero attached hydrogens (tertiary/aromatic N) is 1. The average molecular weight is 238 g/mol. The van der Waals surface area contributed by atoms with Crippen LogP contribution in [0.15, 0.2) is 10.6 Å². The van der Waals surface area contributed by atoms with Crippen LogP contribution >= 0.6 is 0 Å². The van der Waals surface area contributed by atoms with Gasteiger partial charge in [0.1, 0.15) is 5.76 Å². The summed E-state index contributed by atoms with van der Waals surface area (Å²) in [6, 6.07) is 0.182. The molecule has 1 unspecified atom stereocenters. The molecule has 0 amide bonds. The van der Waals surface area contributed by atoms with E-state index in [1.54, 1.807) is 0 Å². The fourth-order valence-corrected chi connectivity index (χ4v) is 2.24. The van der Waals surface area contributed by atoms with Crippen LogP contribution in [0.25, 0.3) is 0 Å². The number of rotatable bonds is 6. The topological polar surface area (TPSA) is 47.3 Å². The van der Waals surface area contributed by atoms with Gasteiger partial charge >= 0.3 is 0 Å². The molecule has 1 N–H and O–H groups in total. The third-order valence-electron chi connectivity index (χ3n) is 3.46. The van der Waals surface area contributed by atoms with Gasteiger partial charge in [0.25, 0.3) is 0 Å².